The van der Waals surface area contributed by atoms with Crippen LogP contribution in [0.3, 0.4) is 0 Å². The van der Waals surface area contributed by atoms with Crippen molar-refractivity contribution in [3.8, 4) is 5.75 Å². The molecule has 1 aromatic heterocycles. The maximum absolute atomic E-state index is 13.7. The second-order valence-electron chi connectivity index (χ2n) is 6.90. The van der Waals surface area contributed by atoms with E-state index in [1.54, 1.807) is 24.1 Å². The fourth-order valence-corrected chi connectivity index (χ4v) is 4.48. The summed E-state index contributed by atoms with van der Waals surface area (Å²) >= 11 is 3.39. The molecule has 1 amide bonds. The molecule has 2 heterocycles. The van der Waals surface area contributed by atoms with Gasteiger partial charge in [0.05, 0.1) is 11.0 Å². The van der Waals surface area contributed by atoms with E-state index in [1.165, 1.54) is 0 Å². The first kappa shape index (κ1) is 17.0. The minimum absolute atomic E-state index is 0.0354. The summed E-state index contributed by atoms with van der Waals surface area (Å²) < 4.78 is 0.737. The number of aromatic nitrogens is 2. The van der Waals surface area contributed by atoms with E-state index >= 15 is 0 Å². The van der Waals surface area contributed by atoms with Crippen LogP contribution in [0.1, 0.15) is 17.0 Å². The van der Waals surface area contributed by atoms with Crippen LogP contribution in [0.5, 0.6) is 5.75 Å². The van der Waals surface area contributed by atoms with Gasteiger partial charge in [0, 0.05) is 28.3 Å². The van der Waals surface area contributed by atoms with Gasteiger partial charge in [-0.15, -0.1) is 0 Å². The maximum Gasteiger partial charge on any atom is 0.249 e. The highest BCUT2D eigenvalue weighted by Gasteiger charge is 2.55. The summed E-state index contributed by atoms with van der Waals surface area (Å²) in [7, 11) is 1.75. The number of likely N-dealkylation sites (N-methyl/N-ethyl adjacent to an activating group) is 1. The number of hydrogen-bond donors (Lipinski definition) is 2. The number of H-pyrrole nitrogens is 1. The number of para-hydroxylation sites is 3. The average molecular weight is 434 g/mol. The van der Waals surface area contributed by atoms with Crippen molar-refractivity contribution in [3.05, 3.63) is 88.2 Å². The lowest BCUT2D eigenvalue weighted by Gasteiger charge is -2.27. The van der Waals surface area contributed by atoms with E-state index in [0.717, 1.165) is 26.8 Å². The number of halogens is 1. The zero-order valence-corrected chi connectivity index (χ0v) is 16.6. The summed E-state index contributed by atoms with van der Waals surface area (Å²) in [4.78, 5) is 23.5. The Morgan fingerprint density at radius 1 is 1.04 bits per heavy atom. The van der Waals surface area contributed by atoms with Crippen molar-refractivity contribution in [3.63, 3.8) is 0 Å². The molecule has 6 heteroatoms. The monoisotopic (exact) mass is 433 g/mol. The summed E-state index contributed by atoms with van der Waals surface area (Å²) in [6.45, 7) is 0. The topological polar surface area (TPSA) is 69.2 Å². The highest BCUT2D eigenvalue weighted by atomic mass is 79.9. The largest absolute Gasteiger partial charge is 0.508 e. The molecule has 1 atom stereocenters. The number of amides is 1. The molecule has 28 heavy (non-hydrogen) atoms. The Morgan fingerprint density at radius 2 is 1.79 bits per heavy atom. The van der Waals surface area contributed by atoms with Gasteiger partial charge in [-0.25, -0.2) is 4.98 Å². The Hall–Kier alpha value is -3.12. The summed E-state index contributed by atoms with van der Waals surface area (Å²) in [6, 6.07) is 20.5. The average Bonchev–Trinajstić information content (AvgIpc) is 3.22. The van der Waals surface area contributed by atoms with Crippen LogP contribution in [0.4, 0.5) is 5.69 Å². The summed E-state index contributed by atoms with van der Waals surface area (Å²) in [5.41, 5.74) is 2.45. The van der Waals surface area contributed by atoms with Gasteiger partial charge in [-0.05, 0) is 30.3 Å². The molecule has 0 fully saturated rings. The second-order valence-corrected chi connectivity index (χ2v) is 7.81. The number of aromatic hydroxyl groups is 1. The van der Waals surface area contributed by atoms with E-state index in [4.69, 9.17) is 4.98 Å². The van der Waals surface area contributed by atoms with E-state index in [9.17, 15) is 9.90 Å². The number of nitrogens with zero attached hydrogens (tertiary/aromatic N) is 2. The lowest BCUT2D eigenvalue weighted by Crippen LogP contribution is -2.41. The number of benzene rings is 3. The molecule has 0 saturated heterocycles. The number of fused-ring (bicyclic) bond motifs is 2. The molecule has 1 aliphatic heterocycles. The fourth-order valence-electron chi connectivity index (χ4n) is 4.13. The van der Waals surface area contributed by atoms with E-state index < -0.39 is 5.41 Å². The third kappa shape index (κ3) is 2.12. The minimum atomic E-state index is -1.25. The zero-order valence-electron chi connectivity index (χ0n) is 15.0. The molecule has 3 aromatic carbocycles. The number of phenolic OH excluding ortho intramolecular Hbond substituents is 1. The molecular weight excluding hydrogens is 418 g/mol. The normalized spacial score (nSPS) is 18.6. The van der Waals surface area contributed by atoms with Crippen LogP contribution in [-0.4, -0.2) is 28.0 Å². The fraction of sp³-hybridized carbons (Fsp3) is 0.0909. The maximum atomic E-state index is 13.7. The number of anilines is 1. The van der Waals surface area contributed by atoms with Crippen molar-refractivity contribution in [2.75, 3.05) is 11.9 Å². The Balaban J connectivity index is 1.92. The first-order chi connectivity index (χ1) is 13.5. The first-order valence-electron chi connectivity index (χ1n) is 8.85. The van der Waals surface area contributed by atoms with Crippen LogP contribution < -0.4 is 4.90 Å². The smallest absolute Gasteiger partial charge is 0.249 e. The van der Waals surface area contributed by atoms with Crippen molar-refractivity contribution in [1.29, 1.82) is 0 Å². The highest BCUT2D eigenvalue weighted by molar-refractivity contribution is 9.10. The third-order valence-corrected chi connectivity index (χ3v) is 5.90. The van der Waals surface area contributed by atoms with Crippen molar-refractivity contribution in [2.24, 2.45) is 0 Å². The first-order valence-corrected chi connectivity index (χ1v) is 9.64. The second kappa shape index (κ2) is 5.94. The molecule has 0 radical (unpaired) electrons. The molecule has 4 aromatic rings. The van der Waals surface area contributed by atoms with Gasteiger partial charge in [-0.1, -0.05) is 52.3 Å². The molecule has 0 saturated carbocycles. The zero-order chi connectivity index (χ0) is 19.5. The molecule has 0 spiro atoms. The van der Waals surface area contributed by atoms with Gasteiger partial charge in [0.25, 0.3) is 0 Å². The highest BCUT2D eigenvalue weighted by Crippen LogP contribution is 2.51. The molecule has 0 bridgehead atoms. The Bertz CT molecular complexity index is 1220. The third-order valence-electron chi connectivity index (χ3n) is 5.40. The molecule has 5 nitrogen and oxygen atoms in total. The number of carbonyl (C=O) groups excluding carboxylic acids is 1. The van der Waals surface area contributed by atoms with Gasteiger partial charge < -0.3 is 15.0 Å². The lowest BCUT2D eigenvalue weighted by molar-refractivity contribution is -0.120. The minimum Gasteiger partial charge on any atom is -0.508 e. The number of imidazole rings is 1. The quantitative estimate of drug-likeness (QED) is 0.493. The molecular formula is C22H16BrN3O2. The van der Waals surface area contributed by atoms with Crippen molar-refractivity contribution in [2.45, 2.75) is 5.41 Å². The van der Waals surface area contributed by atoms with Crippen LogP contribution in [0.15, 0.2) is 71.2 Å². The van der Waals surface area contributed by atoms with E-state index in [2.05, 4.69) is 20.9 Å². The van der Waals surface area contributed by atoms with Crippen LogP contribution in [-0.2, 0) is 10.2 Å². The predicted molar refractivity (Wildman–Crippen MR) is 112 cm³/mol. The Labute approximate surface area is 169 Å². The van der Waals surface area contributed by atoms with E-state index in [1.807, 2.05) is 54.6 Å². The van der Waals surface area contributed by atoms with Gasteiger partial charge in [0.2, 0.25) is 5.91 Å². The van der Waals surface area contributed by atoms with E-state index in [-0.39, 0.29) is 11.7 Å². The number of rotatable bonds is 2. The van der Waals surface area contributed by atoms with Crippen LogP contribution in [0.25, 0.3) is 11.0 Å². The SMILES string of the molecule is CN1C(=O)C(c2nc3ccccc3[nH]2)(c2ccc(Br)cc2O)c2ccccc21. The number of aromatic amines is 1. The van der Waals surface area contributed by atoms with Crippen LogP contribution in [0, 0.1) is 0 Å². The standard InChI is InChI=1S/C22H16BrN3O2/c1-26-18-9-5-2-6-14(18)22(21(26)28,15-11-10-13(23)12-19(15)27)20-24-16-7-3-4-8-17(16)25-20/h2-12,27H,1H3,(H,24,25). The predicted octanol–water partition coefficient (Wildman–Crippen LogP) is 4.34. The van der Waals surface area contributed by atoms with Crippen molar-refractivity contribution >= 4 is 38.6 Å². The Kier molecular flexibility index (Phi) is 3.61. The number of hydrogen-bond acceptors (Lipinski definition) is 3. The van der Waals surface area contributed by atoms with Crippen molar-refractivity contribution < 1.29 is 9.90 Å². The van der Waals surface area contributed by atoms with Gasteiger partial charge >= 0.3 is 0 Å². The van der Waals surface area contributed by atoms with Gasteiger partial charge in [0.1, 0.15) is 11.6 Å². The van der Waals surface area contributed by atoms with Crippen LogP contribution >= 0.6 is 15.9 Å². The summed E-state index contributed by atoms with van der Waals surface area (Å²) in [6.07, 6.45) is 0. The summed E-state index contributed by atoms with van der Waals surface area (Å²) in [5.74, 6) is 0.367. The molecule has 138 valence electrons. The molecule has 1 aliphatic rings. The number of phenols is 1. The van der Waals surface area contributed by atoms with Gasteiger partial charge in [-0.2, -0.15) is 0 Å². The van der Waals surface area contributed by atoms with E-state index in [0.29, 0.717) is 11.4 Å². The van der Waals surface area contributed by atoms with Gasteiger partial charge in [0.15, 0.2) is 5.41 Å². The Morgan fingerprint density at radius 3 is 2.57 bits per heavy atom. The number of nitrogens with one attached hydrogen (secondary N) is 1. The number of carbonyl (C=O) groups is 1. The molecule has 0 aliphatic carbocycles. The lowest BCUT2D eigenvalue weighted by atomic mass is 9.74. The molecule has 1 unspecified atom stereocenters. The van der Waals surface area contributed by atoms with Crippen LogP contribution in [0.2, 0.25) is 0 Å². The molecule has 2 N–H and O–H groups in total. The van der Waals surface area contributed by atoms with Crippen molar-refractivity contribution in [1.82, 2.24) is 9.97 Å². The molecule has 5 rings (SSSR count). The van der Waals surface area contributed by atoms with Gasteiger partial charge in [-0.3, -0.25) is 4.79 Å². The summed E-state index contributed by atoms with van der Waals surface area (Å²) in [5, 5.41) is 10.8.